The monoisotopic (exact) mass is 1060 g/mol. The van der Waals surface area contributed by atoms with Crippen molar-refractivity contribution < 1.29 is 28.5 Å². The Morgan fingerprint density at radius 3 is 1.50 bits per heavy atom. The lowest BCUT2D eigenvalue weighted by molar-refractivity contribution is -0.121. The van der Waals surface area contributed by atoms with Gasteiger partial charge in [0.25, 0.3) is 0 Å². The molecule has 78 heavy (non-hydrogen) atoms. The Bertz CT molecular complexity index is 2960. The molecule has 0 bridgehead atoms. The van der Waals surface area contributed by atoms with Crippen LogP contribution in [0, 0.1) is 34.5 Å². The van der Waals surface area contributed by atoms with Crippen LogP contribution < -0.4 is 4.90 Å². The highest BCUT2D eigenvalue weighted by Gasteiger charge is 2.21. The lowest BCUT2D eigenvalue weighted by Gasteiger charge is -2.22. The fourth-order valence-corrected chi connectivity index (χ4v) is 8.09. The first-order valence-electron chi connectivity index (χ1n) is 27.1. The molecule has 0 aliphatic heterocycles. The van der Waals surface area contributed by atoms with Gasteiger partial charge in [0.05, 0.1) is 17.8 Å². The average Bonchev–Trinajstić information content (AvgIpc) is 3.74. The van der Waals surface area contributed by atoms with Crippen LogP contribution in [0.5, 0.6) is 0 Å². The standard InChI is InChI=1S/2C16H19NO.C12H18N2O.C12H17NO.C10H15NO2/c1-16(2,3)10-15(18)9-14-8-12-6-4-5-7-13(12)11-17-14;1-16(2,3)11-13(18)10-15-14-7-5-4-6-12(14)8-9-17-15;1-12(2,3)9-11(15)14(4)10-7-5-6-8-13-10;1-12(2,3)9-11(14)8-10-6-4-5-7-13-10;1-7(2)4-10(12)6-9-5-8(3)13-11-9/h4-8,11H,9-10H2,1-3H3;4-9H,10-11H2,1-3H3;5-8H,9H2,1-4H3;4-7H,8-9H2,1-3H3;5,7H,4,6H2,1-3H3. The van der Waals surface area contributed by atoms with Crippen molar-refractivity contribution in [2.75, 3.05) is 11.9 Å². The third kappa shape index (κ3) is 27.8. The number of carbonyl (C=O) groups is 5. The van der Waals surface area contributed by atoms with Crippen molar-refractivity contribution in [1.82, 2.24) is 25.1 Å². The third-order valence-corrected chi connectivity index (χ3v) is 11.2. The molecule has 7 rings (SSSR count). The molecule has 0 atom stereocenters. The Balaban J connectivity index is 0.000000258. The molecule has 2 aromatic carbocycles. The number of pyridine rings is 4. The van der Waals surface area contributed by atoms with Crippen LogP contribution in [0.3, 0.4) is 0 Å². The van der Waals surface area contributed by atoms with E-state index in [1.165, 1.54) is 0 Å². The van der Waals surface area contributed by atoms with Gasteiger partial charge < -0.3 is 4.52 Å². The highest BCUT2D eigenvalue weighted by Crippen LogP contribution is 2.25. The van der Waals surface area contributed by atoms with Gasteiger partial charge in [0.1, 0.15) is 34.7 Å². The van der Waals surface area contributed by atoms with Gasteiger partial charge in [-0.25, -0.2) is 4.98 Å². The Morgan fingerprint density at radius 2 is 0.987 bits per heavy atom. The summed E-state index contributed by atoms with van der Waals surface area (Å²) in [6.45, 7) is 30.8. The van der Waals surface area contributed by atoms with Gasteiger partial charge in [-0.2, -0.15) is 0 Å². The van der Waals surface area contributed by atoms with E-state index < -0.39 is 0 Å². The van der Waals surface area contributed by atoms with Crippen LogP contribution >= 0.6 is 0 Å². The SMILES string of the molecule is CC(C)(C)CC(=O)Cc1cc2ccccc2cn1.CC(C)(C)CC(=O)Cc1ccccn1.CC(C)(C)CC(=O)Cc1nccc2ccccc12.CN(C(=O)CC(C)(C)C)c1ccccn1.Cc1cc(CC(=O)CC(C)C)no1. The van der Waals surface area contributed by atoms with E-state index in [4.69, 9.17) is 4.52 Å². The third-order valence-electron chi connectivity index (χ3n) is 11.2. The summed E-state index contributed by atoms with van der Waals surface area (Å²) in [5.41, 5.74) is 3.54. The number of benzene rings is 2. The summed E-state index contributed by atoms with van der Waals surface area (Å²) < 4.78 is 4.87. The first-order chi connectivity index (χ1) is 36.3. The molecule has 0 aliphatic carbocycles. The molecule has 0 saturated carbocycles. The maximum absolute atomic E-state index is 12.0. The second-order valence-electron chi connectivity index (χ2n) is 25.3. The van der Waals surface area contributed by atoms with Crippen molar-refractivity contribution in [1.29, 1.82) is 0 Å². The Kier molecular flexibility index (Phi) is 25.7. The van der Waals surface area contributed by atoms with E-state index >= 15 is 0 Å². The number of fused-ring (bicyclic) bond motifs is 2. The highest BCUT2D eigenvalue weighted by molar-refractivity contribution is 5.92. The fraction of sp³-hybridized carbons (Fsp3) is 0.455. The lowest BCUT2D eigenvalue weighted by Crippen LogP contribution is -2.30. The molecule has 0 unspecified atom stereocenters. The number of anilines is 1. The molecule has 5 aromatic heterocycles. The van der Waals surface area contributed by atoms with Gasteiger partial charge in [0, 0.05) is 111 Å². The summed E-state index contributed by atoms with van der Waals surface area (Å²) in [6.07, 6.45) is 11.7. The van der Waals surface area contributed by atoms with Crippen molar-refractivity contribution in [3.8, 4) is 0 Å². The molecular weight excluding hydrogens is 973 g/mol. The van der Waals surface area contributed by atoms with Gasteiger partial charge in [0.15, 0.2) is 0 Å². The van der Waals surface area contributed by atoms with Crippen molar-refractivity contribution in [2.45, 2.75) is 162 Å². The van der Waals surface area contributed by atoms with Gasteiger partial charge in [0.2, 0.25) is 5.91 Å². The number of carbonyl (C=O) groups excluding carboxylic acids is 5. The smallest absolute Gasteiger partial charge is 0.228 e. The summed E-state index contributed by atoms with van der Waals surface area (Å²) >= 11 is 0. The number of nitrogens with zero attached hydrogens (tertiary/aromatic N) is 6. The van der Waals surface area contributed by atoms with Crippen LogP contribution in [0.25, 0.3) is 21.5 Å². The van der Waals surface area contributed by atoms with Crippen LogP contribution in [-0.4, -0.2) is 61.2 Å². The minimum Gasteiger partial charge on any atom is -0.361 e. The Hall–Kier alpha value is -7.08. The molecule has 12 heteroatoms. The molecule has 0 saturated heterocycles. The summed E-state index contributed by atoms with van der Waals surface area (Å²) in [5, 5.41) is 8.26. The second kappa shape index (κ2) is 30.8. The van der Waals surface area contributed by atoms with Gasteiger partial charge in [-0.3, -0.25) is 43.8 Å². The number of aromatic nitrogens is 5. The summed E-state index contributed by atoms with van der Waals surface area (Å²) in [6, 6.07) is 33.2. The van der Waals surface area contributed by atoms with Gasteiger partial charge in [-0.05, 0) is 81.7 Å². The molecular formula is C66H88N6O6. The number of amides is 1. The molecule has 0 N–H and O–H groups in total. The summed E-state index contributed by atoms with van der Waals surface area (Å²) in [7, 11) is 1.76. The van der Waals surface area contributed by atoms with E-state index in [9.17, 15) is 24.0 Å². The quantitative estimate of drug-likeness (QED) is 0.0959. The fourth-order valence-electron chi connectivity index (χ4n) is 8.09. The zero-order valence-corrected chi connectivity index (χ0v) is 49.7. The van der Waals surface area contributed by atoms with E-state index in [-0.39, 0.29) is 50.7 Å². The van der Waals surface area contributed by atoms with E-state index in [1.54, 1.807) is 36.6 Å². The molecule has 7 aromatic rings. The molecule has 0 radical (unpaired) electrons. The second-order valence-corrected chi connectivity index (χ2v) is 25.3. The number of rotatable bonds is 15. The molecule has 0 aliphatic rings. The van der Waals surface area contributed by atoms with Crippen LogP contribution in [0.2, 0.25) is 0 Å². The topological polar surface area (TPSA) is 166 Å². The lowest BCUT2D eigenvalue weighted by atomic mass is 9.88. The normalized spacial score (nSPS) is 11.4. The average molecular weight is 1060 g/mol. The van der Waals surface area contributed by atoms with Gasteiger partial charge in [-0.1, -0.05) is 163 Å². The minimum absolute atomic E-state index is 0.0140. The predicted molar refractivity (Wildman–Crippen MR) is 317 cm³/mol. The van der Waals surface area contributed by atoms with Crippen LogP contribution in [0.1, 0.15) is 158 Å². The van der Waals surface area contributed by atoms with E-state index in [1.807, 2.05) is 112 Å². The van der Waals surface area contributed by atoms with E-state index in [0.717, 1.165) is 50.1 Å². The number of hydrogen-bond acceptors (Lipinski definition) is 11. The molecule has 5 heterocycles. The molecule has 0 spiro atoms. The maximum atomic E-state index is 12.0. The number of hydrogen-bond donors (Lipinski definition) is 0. The molecule has 1 amide bonds. The van der Waals surface area contributed by atoms with E-state index in [0.29, 0.717) is 69.5 Å². The molecule has 418 valence electrons. The molecule has 0 fully saturated rings. The van der Waals surface area contributed by atoms with Gasteiger partial charge >= 0.3 is 0 Å². The largest absolute Gasteiger partial charge is 0.361 e. The summed E-state index contributed by atoms with van der Waals surface area (Å²) in [4.78, 5) is 77.3. The van der Waals surface area contributed by atoms with Crippen molar-refractivity contribution in [2.24, 2.45) is 27.6 Å². The maximum Gasteiger partial charge on any atom is 0.228 e. The van der Waals surface area contributed by atoms with Crippen LogP contribution in [0.15, 0.2) is 132 Å². The number of ketones is 4. The Labute approximate surface area is 465 Å². The van der Waals surface area contributed by atoms with Crippen molar-refractivity contribution in [3.63, 3.8) is 0 Å². The number of aryl methyl sites for hydroxylation is 1. The van der Waals surface area contributed by atoms with Crippen LogP contribution in [-0.2, 0) is 49.7 Å². The zero-order chi connectivity index (χ0) is 58.3. The summed E-state index contributed by atoms with van der Waals surface area (Å²) in [5.74, 6) is 2.97. The Morgan fingerprint density at radius 1 is 0.487 bits per heavy atom. The van der Waals surface area contributed by atoms with Gasteiger partial charge in [-0.15, -0.1) is 0 Å². The highest BCUT2D eigenvalue weighted by atomic mass is 16.5. The minimum atomic E-state index is 0.0140. The molecule has 12 nitrogen and oxygen atoms in total. The van der Waals surface area contributed by atoms with Crippen LogP contribution in [0.4, 0.5) is 5.82 Å². The first kappa shape index (κ1) is 65.2. The van der Waals surface area contributed by atoms with Crippen molar-refractivity contribution in [3.05, 3.63) is 156 Å². The number of Topliss-reactive ketones (excluding diaryl/α,β-unsaturated/α-hetero) is 4. The first-order valence-corrected chi connectivity index (χ1v) is 27.1. The van der Waals surface area contributed by atoms with E-state index in [2.05, 4.69) is 120 Å². The predicted octanol–water partition coefficient (Wildman–Crippen LogP) is 14.8. The van der Waals surface area contributed by atoms with Crippen molar-refractivity contribution >= 4 is 56.4 Å². The zero-order valence-electron chi connectivity index (χ0n) is 49.7.